The average Bonchev–Trinajstić information content (AvgIpc) is 2.89. The third-order valence-corrected chi connectivity index (χ3v) is 3.51. The predicted octanol–water partition coefficient (Wildman–Crippen LogP) is 2.49. The van der Waals surface area contributed by atoms with E-state index < -0.39 is 23.4 Å². The molecule has 9 nitrogen and oxygen atoms in total. The van der Waals surface area contributed by atoms with E-state index in [1.165, 1.54) is 29.0 Å². The lowest BCUT2D eigenvalue weighted by Gasteiger charge is -2.05. The third-order valence-electron chi connectivity index (χ3n) is 3.19. The molecular formula is C16H15ClN4O5. The summed E-state index contributed by atoms with van der Waals surface area (Å²) in [6.07, 6.45) is 2.39. The summed E-state index contributed by atoms with van der Waals surface area (Å²) >= 11 is 5.71. The van der Waals surface area contributed by atoms with Gasteiger partial charge in [0.1, 0.15) is 10.8 Å². The largest absolute Gasteiger partial charge is 0.452 e. The zero-order chi connectivity index (χ0) is 19.3. The molecule has 0 aliphatic heterocycles. The molecule has 0 saturated carbocycles. The maximum Gasteiger partial charge on any atom is 0.331 e. The second-order valence-electron chi connectivity index (χ2n) is 5.25. The van der Waals surface area contributed by atoms with E-state index in [0.717, 1.165) is 11.8 Å². The number of nitro benzene ring substituents is 1. The molecule has 0 atom stereocenters. The molecule has 0 aliphatic carbocycles. The molecule has 0 saturated heterocycles. The van der Waals surface area contributed by atoms with Crippen LogP contribution in [-0.4, -0.2) is 33.2 Å². The summed E-state index contributed by atoms with van der Waals surface area (Å²) in [6, 6.07) is 5.77. The van der Waals surface area contributed by atoms with Crippen molar-refractivity contribution in [2.45, 2.75) is 6.92 Å². The minimum Gasteiger partial charge on any atom is -0.452 e. The van der Waals surface area contributed by atoms with Crippen LogP contribution in [0, 0.1) is 17.0 Å². The number of nitrogens with zero attached hydrogens (tertiary/aromatic N) is 3. The predicted molar refractivity (Wildman–Crippen MR) is 94.7 cm³/mol. The number of carbonyl (C=O) groups is 2. The molecule has 0 aliphatic rings. The summed E-state index contributed by atoms with van der Waals surface area (Å²) in [6.45, 7) is 1.30. The molecule has 1 aromatic heterocycles. The summed E-state index contributed by atoms with van der Waals surface area (Å²) in [5.74, 6) is -0.802. The van der Waals surface area contributed by atoms with Gasteiger partial charge in [0, 0.05) is 25.3 Å². The third kappa shape index (κ3) is 5.15. The van der Waals surface area contributed by atoms with Gasteiger partial charge in [-0.2, -0.15) is 5.10 Å². The maximum absolute atomic E-state index is 11.8. The van der Waals surface area contributed by atoms with E-state index in [0.29, 0.717) is 11.4 Å². The Bertz CT molecular complexity index is 891. The first-order valence-corrected chi connectivity index (χ1v) is 7.73. The van der Waals surface area contributed by atoms with Crippen molar-refractivity contribution in [3.05, 3.63) is 56.7 Å². The van der Waals surface area contributed by atoms with Crippen molar-refractivity contribution in [2.24, 2.45) is 7.05 Å². The van der Waals surface area contributed by atoms with Gasteiger partial charge in [0.15, 0.2) is 6.61 Å². The number of nitro groups is 1. The molecule has 0 radical (unpaired) electrons. The number of rotatable bonds is 6. The first kappa shape index (κ1) is 19.1. The van der Waals surface area contributed by atoms with Gasteiger partial charge < -0.3 is 10.1 Å². The SMILES string of the molecule is Cc1cc(NC(=O)COC(=O)C=Cc2ccc(Cl)c([N+](=O)[O-])c2)n(C)n1. The van der Waals surface area contributed by atoms with Gasteiger partial charge in [0.2, 0.25) is 0 Å². The van der Waals surface area contributed by atoms with E-state index in [1.54, 1.807) is 20.0 Å². The number of nitrogens with one attached hydrogen (secondary N) is 1. The normalized spacial score (nSPS) is 10.7. The first-order valence-electron chi connectivity index (χ1n) is 7.35. The van der Waals surface area contributed by atoms with Gasteiger partial charge in [-0.25, -0.2) is 4.79 Å². The minimum atomic E-state index is -0.765. The molecule has 26 heavy (non-hydrogen) atoms. The standard InChI is InChI=1S/C16H15ClN4O5/c1-10-7-14(20(2)19-10)18-15(22)9-26-16(23)6-4-11-3-5-12(17)13(8-11)21(24)25/h3-8H,9H2,1-2H3,(H,18,22). The molecule has 1 heterocycles. The second kappa shape index (κ2) is 8.26. The Morgan fingerprint density at radius 3 is 2.77 bits per heavy atom. The fraction of sp³-hybridized carbons (Fsp3) is 0.188. The lowest BCUT2D eigenvalue weighted by Crippen LogP contribution is -2.21. The first-order chi connectivity index (χ1) is 12.3. The van der Waals surface area contributed by atoms with E-state index in [1.807, 2.05) is 0 Å². The number of amides is 1. The molecule has 1 aromatic carbocycles. The molecule has 1 N–H and O–H groups in total. The quantitative estimate of drug-likeness (QED) is 0.357. The van der Waals surface area contributed by atoms with Crippen LogP contribution in [0.2, 0.25) is 5.02 Å². The van der Waals surface area contributed by atoms with Crippen molar-refractivity contribution in [3.8, 4) is 0 Å². The number of aromatic nitrogens is 2. The maximum atomic E-state index is 11.8. The number of hydrogen-bond donors (Lipinski definition) is 1. The van der Waals surface area contributed by atoms with Crippen molar-refractivity contribution in [2.75, 3.05) is 11.9 Å². The number of carbonyl (C=O) groups excluding carboxylic acids is 2. The number of anilines is 1. The van der Waals surface area contributed by atoms with Crippen LogP contribution in [0.5, 0.6) is 0 Å². The van der Waals surface area contributed by atoms with Crippen molar-refractivity contribution in [1.29, 1.82) is 0 Å². The van der Waals surface area contributed by atoms with Gasteiger partial charge in [0.25, 0.3) is 11.6 Å². The Labute approximate surface area is 153 Å². The van der Waals surface area contributed by atoms with Crippen LogP contribution >= 0.6 is 11.6 Å². The Hall–Kier alpha value is -3.20. The summed E-state index contributed by atoms with van der Waals surface area (Å²) in [5, 5.41) is 17.4. The number of hydrogen-bond acceptors (Lipinski definition) is 6. The summed E-state index contributed by atoms with van der Waals surface area (Å²) < 4.78 is 6.31. The fourth-order valence-electron chi connectivity index (χ4n) is 2.03. The summed E-state index contributed by atoms with van der Waals surface area (Å²) in [7, 11) is 1.67. The van der Waals surface area contributed by atoms with Crippen LogP contribution in [-0.2, 0) is 21.4 Å². The number of benzene rings is 1. The van der Waals surface area contributed by atoms with E-state index >= 15 is 0 Å². The average molecular weight is 379 g/mol. The molecule has 0 bridgehead atoms. The molecule has 0 unspecified atom stereocenters. The highest BCUT2D eigenvalue weighted by molar-refractivity contribution is 6.32. The zero-order valence-electron chi connectivity index (χ0n) is 13.9. The van der Waals surface area contributed by atoms with Crippen LogP contribution in [0.4, 0.5) is 11.5 Å². The Morgan fingerprint density at radius 2 is 2.15 bits per heavy atom. The van der Waals surface area contributed by atoms with Gasteiger partial charge in [-0.05, 0) is 24.6 Å². The number of ether oxygens (including phenoxy) is 1. The van der Waals surface area contributed by atoms with Gasteiger partial charge in [-0.1, -0.05) is 17.7 Å². The number of aryl methyl sites for hydroxylation is 2. The summed E-state index contributed by atoms with van der Waals surface area (Å²) in [5.41, 5.74) is 0.862. The van der Waals surface area contributed by atoms with Crippen LogP contribution in [0.15, 0.2) is 30.3 Å². The van der Waals surface area contributed by atoms with Crippen LogP contribution in [0.3, 0.4) is 0 Å². The highest BCUT2D eigenvalue weighted by atomic mass is 35.5. The van der Waals surface area contributed by atoms with Crippen molar-refractivity contribution >= 4 is 41.1 Å². The van der Waals surface area contributed by atoms with E-state index in [-0.39, 0.29) is 10.7 Å². The van der Waals surface area contributed by atoms with Gasteiger partial charge >= 0.3 is 5.97 Å². The van der Waals surface area contributed by atoms with E-state index in [4.69, 9.17) is 16.3 Å². The summed E-state index contributed by atoms with van der Waals surface area (Å²) in [4.78, 5) is 33.6. The highest BCUT2D eigenvalue weighted by Crippen LogP contribution is 2.25. The second-order valence-corrected chi connectivity index (χ2v) is 5.66. The molecule has 2 rings (SSSR count). The van der Waals surface area contributed by atoms with Crippen molar-refractivity contribution in [3.63, 3.8) is 0 Å². The molecule has 2 aromatic rings. The molecule has 0 fully saturated rings. The molecule has 1 amide bonds. The molecular weight excluding hydrogens is 364 g/mol. The molecule has 10 heteroatoms. The van der Waals surface area contributed by atoms with Crippen LogP contribution in [0.25, 0.3) is 6.08 Å². The molecule has 136 valence electrons. The zero-order valence-corrected chi connectivity index (χ0v) is 14.7. The smallest absolute Gasteiger partial charge is 0.331 e. The van der Waals surface area contributed by atoms with Crippen molar-refractivity contribution < 1.29 is 19.2 Å². The van der Waals surface area contributed by atoms with Gasteiger partial charge in [-0.3, -0.25) is 19.6 Å². The van der Waals surface area contributed by atoms with Gasteiger partial charge in [0.05, 0.1) is 10.6 Å². The van der Waals surface area contributed by atoms with Crippen LogP contribution in [0.1, 0.15) is 11.3 Å². The van der Waals surface area contributed by atoms with Crippen LogP contribution < -0.4 is 5.32 Å². The fourth-order valence-corrected chi connectivity index (χ4v) is 2.22. The highest BCUT2D eigenvalue weighted by Gasteiger charge is 2.12. The Kier molecular flexibility index (Phi) is 6.07. The minimum absolute atomic E-state index is 0.00296. The Morgan fingerprint density at radius 1 is 1.42 bits per heavy atom. The monoisotopic (exact) mass is 378 g/mol. The Balaban J connectivity index is 1.89. The lowest BCUT2D eigenvalue weighted by atomic mass is 10.2. The van der Waals surface area contributed by atoms with Crippen molar-refractivity contribution in [1.82, 2.24) is 9.78 Å². The molecule has 0 spiro atoms. The topological polar surface area (TPSA) is 116 Å². The lowest BCUT2D eigenvalue weighted by molar-refractivity contribution is -0.384. The number of esters is 1. The number of halogens is 1. The van der Waals surface area contributed by atoms with E-state index in [9.17, 15) is 19.7 Å². The van der Waals surface area contributed by atoms with E-state index in [2.05, 4.69) is 10.4 Å². The van der Waals surface area contributed by atoms with Gasteiger partial charge in [-0.15, -0.1) is 0 Å².